The monoisotopic (exact) mass is 303 g/mol. The van der Waals surface area contributed by atoms with Gasteiger partial charge in [-0.3, -0.25) is 14.9 Å². The topological polar surface area (TPSA) is 29.0 Å². The average molecular weight is 303 g/mol. The summed E-state index contributed by atoms with van der Waals surface area (Å²) in [6.07, 6.45) is 6.32. The molecule has 1 atom stereocenters. The van der Waals surface area contributed by atoms with E-state index in [1.807, 2.05) is 24.5 Å². The van der Waals surface area contributed by atoms with E-state index in [-0.39, 0.29) is 0 Å². The van der Waals surface area contributed by atoms with Crippen molar-refractivity contribution in [2.75, 3.05) is 13.1 Å². The maximum absolute atomic E-state index is 4.58. The Kier molecular flexibility index (Phi) is 3.80. The molecule has 1 aliphatic heterocycles. The summed E-state index contributed by atoms with van der Waals surface area (Å²) in [5.41, 5.74) is 4.54. The zero-order chi connectivity index (χ0) is 15.6. The van der Waals surface area contributed by atoms with Gasteiger partial charge in [-0.1, -0.05) is 24.3 Å². The van der Waals surface area contributed by atoms with Gasteiger partial charge in [-0.2, -0.15) is 0 Å². The maximum atomic E-state index is 4.58. The van der Waals surface area contributed by atoms with Crippen LogP contribution in [0.2, 0.25) is 0 Å². The van der Waals surface area contributed by atoms with Crippen molar-refractivity contribution in [1.29, 1.82) is 0 Å². The van der Waals surface area contributed by atoms with Gasteiger partial charge in [0.1, 0.15) is 0 Å². The van der Waals surface area contributed by atoms with Crippen molar-refractivity contribution in [2.24, 2.45) is 0 Å². The number of aromatic nitrogens is 2. The number of hydrogen-bond donors (Lipinski definition) is 0. The Labute approximate surface area is 137 Å². The maximum Gasteiger partial charge on any atom is 0.0795 e. The summed E-state index contributed by atoms with van der Waals surface area (Å²) in [6.45, 7) is 4.75. The minimum Gasteiger partial charge on any atom is -0.297 e. The standard InChI is InChI=1S/C20H21N3/c1-15(23-13-2-3-14-23)16-6-8-17(9-7-16)20-18-5-4-11-21-19(18)10-12-22-20/h4-12,15H,2-3,13-14H2,1H3. The predicted octanol–water partition coefficient (Wildman–Crippen LogP) is 4.45. The summed E-state index contributed by atoms with van der Waals surface area (Å²) >= 11 is 0. The van der Waals surface area contributed by atoms with Crippen LogP contribution in [-0.4, -0.2) is 28.0 Å². The van der Waals surface area contributed by atoms with E-state index in [1.54, 1.807) is 0 Å². The first-order valence-corrected chi connectivity index (χ1v) is 8.37. The second-order valence-electron chi connectivity index (χ2n) is 6.27. The lowest BCUT2D eigenvalue weighted by molar-refractivity contribution is 0.263. The van der Waals surface area contributed by atoms with E-state index >= 15 is 0 Å². The van der Waals surface area contributed by atoms with E-state index in [1.165, 1.54) is 31.5 Å². The third kappa shape index (κ3) is 2.73. The normalized spacial score (nSPS) is 16.7. The summed E-state index contributed by atoms with van der Waals surface area (Å²) in [6, 6.07) is 15.4. The third-order valence-corrected chi connectivity index (χ3v) is 4.88. The van der Waals surface area contributed by atoms with Crippen LogP contribution in [0.4, 0.5) is 0 Å². The summed E-state index contributed by atoms with van der Waals surface area (Å²) in [7, 11) is 0. The summed E-state index contributed by atoms with van der Waals surface area (Å²) in [5.74, 6) is 0. The third-order valence-electron chi connectivity index (χ3n) is 4.88. The van der Waals surface area contributed by atoms with Gasteiger partial charge in [-0.15, -0.1) is 0 Å². The number of pyridine rings is 2. The summed E-state index contributed by atoms with van der Waals surface area (Å²) in [4.78, 5) is 11.6. The van der Waals surface area contributed by atoms with Gasteiger partial charge < -0.3 is 0 Å². The Morgan fingerprint density at radius 1 is 0.913 bits per heavy atom. The zero-order valence-corrected chi connectivity index (χ0v) is 13.4. The number of benzene rings is 1. The lowest BCUT2D eigenvalue weighted by Gasteiger charge is -2.24. The molecule has 1 unspecified atom stereocenters. The fourth-order valence-electron chi connectivity index (χ4n) is 3.49. The molecule has 23 heavy (non-hydrogen) atoms. The molecular formula is C20H21N3. The van der Waals surface area contributed by atoms with Crippen LogP contribution in [0.1, 0.15) is 31.4 Å². The number of likely N-dealkylation sites (tertiary alicyclic amines) is 1. The molecule has 0 radical (unpaired) electrons. The van der Waals surface area contributed by atoms with Gasteiger partial charge in [0.15, 0.2) is 0 Å². The van der Waals surface area contributed by atoms with Gasteiger partial charge >= 0.3 is 0 Å². The quantitative estimate of drug-likeness (QED) is 0.715. The van der Waals surface area contributed by atoms with Crippen LogP contribution in [-0.2, 0) is 0 Å². The Bertz CT molecular complexity index is 799. The predicted molar refractivity (Wildman–Crippen MR) is 94.2 cm³/mol. The van der Waals surface area contributed by atoms with Crippen LogP contribution in [0.5, 0.6) is 0 Å². The van der Waals surface area contributed by atoms with Crippen molar-refractivity contribution >= 4 is 10.9 Å². The highest BCUT2D eigenvalue weighted by Crippen LogP contribution is 2.29. The van der Waals surface area contributed by atoms with Gasteiger partial charge in [0.2, 0.25) is 0 Å². The molecule has 1 aliphatic rings. The van der Waals surface area contributed by atoms with Crippen LogP contribution in [0.3, 0.4) is 0 Å². The SMILES string of the molecule is CC(c1ccc(-c2nccc3ncccc23)cc1)N1CCCC1. The van der Waals surface area contributed by atoms with E-state index in [0.717, 1.165) is 22.2 Å². The molecule has 0 aliphatic carbocycles. The molecule has 3 aromatic rings. The molecule has 0 amide bonds. The minimum absolute atomic E-state index is 0.494. The van der Waals surface area contributed by atoms with Gasteiger partial charge in [-0.25, -0.2) is 0 Å². The Hall–Kier alpha value is -2.26. The highest BCUT2D eigenvalue weighted by molar-refractivity contribution is 5.91. The van der Waals surface area contributed by atoms with Crippen LogP contribution < -0.4 is 0 Å². The first-order chi connectivity index (χ1) is 11.3. The highest BCUT2D eigenvalue weighted by Gasteiger charge is 2.19. The first kappa shape index (κ1) is 14.3. The average Bonchev–Trinajstić information content (AvgIpc) is 3.15. The molecule has 1 fully saturated rings. The number of hydrogen-bond acceptors (Lipinski definition) is 3. The number of rotatable bonds is 3. The molecule has 3 heterocycles. The molecule has 1 aromatic carbocycles. The van der Waals surface area contributed by atoms with Crippen LogP contribution in [0, 0.1) is 0 Å². The number of nitrogens with zero attached hydrogens (tertiary/aromatic N) is 3. The molecule has 1 saturated heterocycles. The van der Waals surface area contributed by atoms with Crippen molar-refractivity contribution < 1.29 is 0 Å². The van der Waals surface area contributed by atoms with Crippen molar-refractivity contribution in [3.8, 4) is 11.3 Å². The molecular weight excluding hydrogens is 282 g/mol. The molecule has 3 heteroatoms. The van der Waals surface area contributed by atoms with Crippen molar-refractivity contribution in [3.05, 3.63) is 60.4 Å². The largest absolute Gasteiger partial charge is 0.297 e. The van der Waals surface area contributed by atoms with Crippen molar-refractivity contribution in [3.63, 3.8) is 0 Å². The summed E-state index contributed by atoms with van der Waals surface area (Å²) < 4.78 is 0. The Morgan fingerprint density at radius 2 is 1.70 bits per heavy atom. The van der Waals surface area contributed by atoms with Crippen molar-refractivity contribution in [2.45, 2.75) is 25.8 Å². The van der Waals surface area contributed by atoms with Gasteiger partial charge in [-0.05, 0) is 56.6 Å². The van der Waals surface area contributed by atoms with Gasteiger partial charge in [0.05, 0.1) is 11.2 Å². The van der Waals surface area contributed by atoms with Crippen molar-refractivity contribution in [1.82, 2.24) is 14.9 Å². The fourth-order valence-corrected chi connectivity index (χ4v) is 3.49. The second-order valence-corrected chi connectivity index (χ2v) is 6.27. The molecule has 116 valence electrons. The molecule has 4 rings (SSSR count). The van der Waals surface area contributed by atoms with E-state index in [4.69, 9.17) is 0 Å². The van der Waals surface area contributed by atoms with Gasteiger partial charge in [0, 0.05) is 29.4 Å². The molecule has 0 bridgehead atoms. The smallest absolute Gasteiger partial charge is 0.0795 e. The zero-order valence-electron chi connectivity index (χ0n) is 13.4. The minimum atomic E-state index is 0.494. The molecule has 0 spiro atoms. The van der Waals surface area contributed by atoms with E-state index in [2.05, 4.69) is 52.1 Å². The van der Waals surface area contributed by atoms with Crippen LogP contribution in [0.15, 0.2) is 54.9 Å². The van der Waals surface area contributed by atoms with Gasteiger partial charge in [0.25, 0.3) is 0 Å². The lowest BCUT2D eigenvalue weighted by atomic mass is 10.0. The van der Waals surface area contributed by atoms with Crippen LogP contribution >= 0.6 is 0 Å². The summed E-state index contributed by atoms with van der Waals surface area (Å²) in [5, 5.41) is 1.11. The number of fused-ring (bicyclic) bond motifs is 1. The molecule has 2 aromatic heterocycles. The van der Waals surface area contributed by atoms with E-state index in [0.29, 0.717) is 6.04 Å². The lowest BCUT2D eigenvalue weighted by Crippen LogP contribution is -2.23. The van der Waals surface area contributed by atoms with E-state index in [9.17, 15) is 0 Å². The molecule has 0 N–H and O–H groups in total. The second kappa shape index (κ2) is 6.09. The van der Waals surface area contributed by atoms with Crippen LogP contribution in [0.25, 0.3) is 22.2 Å². The highest BCUT2D eigenvalue weighted by atomic mass is 15.2. The fraction of sp³-hybridized carbons (Fsp3) is 0.300. The Morgan fingerprint density at radius 3 is 2.48 bits per heavy atom. The molecule has 0 saturated carbocycles. The van der Waals surface area contributed by atoms with E-state index < -0.39 is 0 Å². The first-order valence-electron chi connectivity index (χ1n) is 8.37. The molecule has 3 nitrogen and oxygen atoms in total. The Balaban J connectivity index is 1.67.